The summed E-state index contributed by atoms with van der Waals surface area (Å²) in [6.45, 7) is 2.67. The van der Waals surface area contributed by atoms with Gasteiger partial charge < -0.3 is 29.9 Å². The monoisotopic (exact) mass is 253 g/mol. The van der Waals surface area contributed by atoms with Crippen molar-refractivity contribution in [1.29, 1.82) is 0 Å². The van der Waals surface area contributed by atoms with E-state index in [1.807, 2.05) is 0 Å². The molecular formula is C10H23NO6. The highest BCUT2D eigenvalue weighted by molar-refractivity contribution is 4.79. The second-order valence-electron chi connectivity index (χ2n) is 4.23. The third-order valence-electron chi connectivity index (χ3n) is 1.78. The van der Waals surface area contributed by atoms with Gasteiger partial charge in [0.15, 0.2) is 0 Å². The number of hydrogen-bond donors (Lipinski definition) is 5. The van der Waals surface area contributed by atoms with Crippen LogP contribution in [0.3, 0.4) is 0 Å². The zero-order valence-corrected chi connectivity index (χ0v) is 10.3. The minimum atomic E-state index is -1.44. The van der Waals surface area contributed by atoms with E-state index in [4.69, 9.17) is 19.7 Å². The SMILES string of the molecule is CC(O)(COCCO)NC(C)(O)COCCO. The van der Waals surface area contributed by atoms with E-state index in [-0.39, 0.29) is 39.6 Å². The van der Waals surface area contributed by atoms with Crippen LogP contribution in [-0.4, -0.2) is 71.5 Å². The number of nitrogens with one attached hydrogen (secondary N) is 1. The van der Waals surface area contributed by atoms with Gasteiger partial charge >= 0.3 is 0 Å². The molecule has 2 atom stereocenters. The van der Waals surface area contributed by atoms with Crippen LogP contribution in [0.4, 0.5) is 0 Å². The Labute approximate surface area is 101 Å². The van der Waals surface area contributed by atoms with Gasteiger partial charge in [-0.15, -0.1) is 0 Å². The standard InChI is InChI=1S/C10H23NO6/c1-9(14,7-16-5-3-12)11-10(2,15)8-17-6-4-13/h11-15H,3-8H2,1-2H3. The van der Waals surface area contributed by atoms with E-state index in [1.54, 1.807) is 0 Å². The number of aliphatic hydroxyl groups excluding tert-OH is 2. The first-order valence-electron chi connectivity index (χ1n) is 5.44. The molecule has 0 fully saturated rings. The molecule has 0 aromatic heterocycles. The fourth-order valence-electron chi connectivity index (χ4n) is 1.32. The van der Waals surface area contributed by atoms with Gasteiger partial charge in [0.2, 0.25) is 0 Å². The highest BCUT2D eigenvalue weighted by Crippen LogP contribution is 2.08. The van der Waals surface area contributed by atoms with Gasteiger partial charge in [0.25, 0.3) is 0 Å². The molecular weight excluding hydrogens is 230 g/mol. The van der Waals surface area contributed by atoms with Gasteiger partial charge in [-0.25, -0.2) is 0 Å². The Morgan fingerprint density at radius 3 is 1.53 bits per heavy atom. The molecule has 7 heteroatoms. The van der Waals surface area contributed by atoms with E-state index in [1.165, 1.54) is 13.8 Å². The molecule has 0 aliphatic rings. The third kappa shape index (κ3) is 9.42. The quantitative estimate of drug-likeness (QED) is 0.226. The fourth-order valence-corrected chi connectivity index (χ4v) is 1.32. The predicted octanol–water partition coefficient (Wildman–Crippen LogP) is -1.99. The Morgan fingerprint density at radius 2 is 1.24 bits per heavy atom. The lowest BCUT2D eigenvalue weighted by atomic mass is 10.2. The summed E-state index contributed by atoms with van der Waals surface area (Å²) in [5.41, 5.74) is -2.89. The van der Waals surface area contributed by atoms with Crippen molar-refractivity contribution in [3.8, 4) is 0 Å². The molecule has 104 valence electrons. The first-order valence-corrected chi connectivity index (χ1v) is 5.44. The van der Waals surface area contributed by atoms with Crippen LogP contribution in [0.1, 0.15) is 13.8 Å². The molecule has 5 N–H and O–H groups in total. The van der Waals surface area contributed by atoms with Crippen LogP contribution in [0.2, 0.25) is 0 Å². The molecule has 17 heavy (non-hydrogen) atoms. The van der Waals surface area contributed by atoms with E-state index in [2.05, 4.69) is 5.32 Å². The number of rotatable bonds is 10. The minimum absolute atomic E-state index is 0.0797. The van der Waals surface area contributed by atoms with Crippen molar-refractivity contribution in [2.75, 3.05) is 39.6 Å². The van der Waals surface area contributed by atoms with E-state index in [0.29, 0.717) is 0 Å². The Hall–Kier alpha value is -0.280. The van der Waals surface area contributed by atoms with Crippen LogP contribution in [0.15, 0.2) is 0 Å². The Morgan fingerprint density at radius 1 is 0.882 bits per heavy atom. The normalized spacial score (nSPS) is 18.7. The minimum Gasteiger partial charge on any atom is -0.394 e. The van der Waals surface area contributed by atoms with E-state index < -0.39 is 11.4 Å². The summed E-state index contributed by atoms with van der Waals surface area (Å²) >= 11 is 0. The average Bonchev–Trinajstić information content (AvgIpc) is 2.16. The molecule has 2 unspecified atom stereocenters. The first kappa shape index (κ1) is 16.7. The van der Waals surface area contributed by atoms with Crippen LogP contribution in [0, 0.1) is 0 Å². The Kier molecular flexibility index (Phi) is 7.80. The number of aliphatic hydroxyl groups is 4. The second-order valence-corrected chi connectivity index (χ2v) is 4.23. The molecule has 0 saturated carbocycles. The molecule has 0 rings (SSSR count). The maximum Gasteiger partial charge on any atom is 0.138 e. The second kappa shape index (κ2) is 7.93. The van der Waals surface area contributed by atoms with Gasteiger partial charge in [-0.3, -0.25) is 5.32 Å². The third-order valence-corrected chi connectivity index (χ3v) is 1.78. The summed E-state index contributed by atoms with van der Waals surface area (Å²) in [5.74, 6) is 0. The Balaban J connectivity index is 3.99. The number of hydrogen-bond acceptors (Lipinski definition) is 7. The molecule has 0 amide bonds. The van der Waals surface area contributed by atoms with E-state index in [9.17, 15) is 10.2 Å². The zero-order chi connectivity index (χ0) is 13.4. The Bertz CT molecular complexity index is 177. The van der Waals surface area contributed by atoms with Gasteiger partial charge in [-0.05, 0) is 13.8 Å². The fraction of sp³-hybridized carbons (Fsp3) is 1.00. The maximum absolute atomic E-state index is 9.85. The van der Waals surface area contributed by atoms with Crippen LogP contribution in [-0.2, 0) is 9.47 Å². The van der Waals surface area contributed by atoms with Crippen molar-refractivity contribution >= 4 is 0 Å². The largest absolute Gasteiger partial charge is 0.394 e. The van der Waals surface area contributed by atoms with Crippen LogP contribution >= 0.6 is 0 Å². The molecule has 0 aliphatic heterocycles. The molecule has 0 heterocycles. The van der Waals surface area contributed by atoms with Crippen molar-refractivity contribution < 1.29 is 29.9 Å². The van der Waals surface area contributed by atoms with Crippen molar-refractivity contribution in [1.82, 2.24) is 5.32 Å². The molecule has 0 saturated heterocycles. The lowest BCUT2D eigenvalue weighted by molar-refractivity contribution is -0.143. The van der Waals surface area contributed by atoms with Crippen LogP contribution < -0.4 is 5.32 Å². The van der Waals surface area contributed by atoms with Gasteiger partial charge in [-0.2, -0.15) is 0 Å². The predicted molar refractivity (Wildman–Crippen MR) is 60.2 cm³/mol. The van der Waals surface area contributed by atoms with Crippen molar-refractivity contribution in [2.45, 2.75) is 25.3 Å². The van der Waals surface area contributed by atoms with Crippen molar-refractivity contribution in [3.63, 3.8) is 0 Å². The molecule has 0 aromatic carbocycles. The van der Waals surface area contributed by atoms with Crippen molar-refractivity contribution in [3.05, 3.63) is 0 Å². The smallest absolute Gasteiger partial charge is 0.138 e. The van der Waals surface area contributed by atoms with E-state index >= 15 is 0 Å². The molecule has 7 nitrogen and oxygen atoms in total. The van der Waals surface area contributed by atoms with E-state index in [0.717, 1.165) is 0 Å². The number of ether oxygens (including phenoxy) is 2. The molecule has 0 spiro atoms. The molecule has 0 aromatic rings. The summed E-state index contributed by atoms with van der Waals surface area (Å²) in [7, 11) is 0. The molecule has 0 radical (unpaired) electrons. The highest BCUT2D eigenvalue weighted by atomic mass is 16.5. The van der Waals surface area contributed by atoms with Crippen molar-refractivity contribution in [2.24, 2.45) is 0 Å². The summed E-state index contributed by atoms with van der Waals surface area (Å²) < 4.78 is 9.93. The molecule has 0 aliphatic carbocycles. The molecule has 0 bridgehead atoms. The van der Waals surface area contributed by atoms with Gasteiger partial charge in [-0.1, -0.05) is 0 Å². The van der Waals surface area contributed by atoms with Gasteiger partial charge in [0.1, 0.15) is 11.4 Å². The summed E-state index contributed by atoms with van der Waals surface area (Å²) in [4.78, 5) is 0. The first-order chi connectivity index (χ1) is 7.83. The highest BCUT2D eigenvalue weighted by Gasteiger charge is 2.31. The summed E-state index contributed by atoms with van der Waals surface area (Å²) in [5, 5.41) is 39.3. The zero-order valence-electron chi connectivity index (χ0n) is 10.3. The van der Waals surface area contributed by atoms with Crippen LogP contribution in [0.25, 0.3) is 0 Å². The van der Waals surface area contributed by atoms with Gasteiger partial charge in [0, 0.05) is 0 Å². The summed E-state index contributed by atoms with van der Waals surface area (Å²) in [6.07, 6.45) is 0. The average molecular weight is 253 g/mol. The summed E-state index contributed by atoms with van der Waals surface area (Å²) in [6, 6.07) is 0. The maximum atomic E-state index is 9.85. The lowest BCUT2D eigenvalue weighted by Gasteiger charge is -2.34. The lowest BCUT2D eigenvalue weighted by Crippen LogP contribution is -2.59. The topological polar surface area (TPSA) is 111 Å². The van der Waals surface area contributed by atoms with Crippen LogP contribution in [0.5, 0.6) is 0 Å². The van der Waals surface area contributed by atoms with Gasteiger partial charge in [0.05, 0.1) is 39.6 Å².